The molecular weight excluding hydrogens is 520 g/mol. The van der Waals surface area contributed by atoms with Gasteiger partial charge in [0, 0.05) is 12.1 Å². The van der Waals surface area contributed by atoms with Crippen LogP contribution >= 0.6 is 16.0 Å². The van der Waals surface area contributed by atoms with Gasteiger partial charge in [-0.05, 0) is 94.9 Å². The van der Waals surface area contributed by atoms with E-state index in [2.05, 4.69) is 141 Å². The first-order chi connectivity index (χ1) is 19.5. The minimum absolute atomic E-state index is 0.0613. The molecule has 0 heterocycles. The molecule has 208 valence electrons. The van der Waals surface area contributed by atoms with Crippen LogP contribution in [0.2, 0.25) is 0 Å². The normalized spacial score (nSPS) is 15.4. The summed E-state index contributed by atoms with van der Waals surface area (Å²) in [7, 11) is -0.930. The van der Waals surface area contributed by atoms with Crippen LogP contribution in [-0.4, -0.2) is 22.5 Å². The van der Waals surface area contributed by atoms with Crippen molar-refractivity contribution in [2.24, 2.45) is 0 Å². The zero-order valence-corrected chi connectivity index (χ0v) is 26.3. The van der Waals surface area contributed by atoms with Crippen molar-refractivity contribution in [1.29, 1.82) is 0 Å². The van der Waals surface area contributed by atoms with Crippen molar-refractivity contribution in [3.63, 3.8) is 0 Å². The second-order valence-electron chi connectivity index (χ2n) is 12.1. The van der Waals surface area contributed by atoms with Crippen molar-refractivity contribution >= 4 is 31.9 Å². The van der Waals surface area contributed by atoms with Gasteiger partial charge in [0.1, 0.15) is 0 Å². The molecule has 1 aliphatic rings. The Kier molecular flexibility index (Phi) is 10.3. The van der Waals surface area contributed by atoms with Gasteiger partial charge in [-0.2, -0.15) is 0 Å². The Hall–Kier alpha value is -2.30. The van der Waals surface area contributed by atoms with E-state index in [4.69, 9.17) is 0 Å². The van der Waals surface area contributed by atoms with E-state index >= 15 is 0 Å². The van der Waals surface area contributed by atoms with E-state index in [-0.39, 0.29) is 5.54 Å². The van der Waals surface area contributed by atoms with E-state index in [1.165, 1.54) is 65.9 Å². The highest BCUT2D eigenvalue weighted by atomic mass is 31.1. The molecule has 0 aromatic heterocycles. The van der Waals surface area contributed by atoms with Gasteiger partial charge in [-0.25, -0.2) is 0 Å². The van der Waals surface area contributed by atoms with Crippen LogP contribution in [0.4, 0.5) is 0 Å². The predicted octanol–water partition coefficient (Wildman–Crippen LogP) is 9.19. The molecule has 0 aliphatic heterocycles. The van der Waals surface area contributed by atoms with Crippen molar-refractivity contribution in [3.8, 4) is 0 Å². The summed E-state index contributed by atoms with van der Waals surface area (Å²) in [4.78, 5) is 0. The second kappa shape index (κ2) is 14.0. The van der Waals surface area contributed by atoms with Crippen LogP contribution in [-0.2, 0) is 6.54 Å². The lowest BCUT2D eigenvalue weighted by molar-refractivity contribution is 0.258. The number of benzene rings is 4. The Morgan fingerprint density at radius 2 is 1.10 bits per heavy atom. The fraction of sp³-hybridized carbons (Fsp3) is 0.351. The number of rotatable bonds is 10. The highest BCUT2D eigenvalue weighted by Crippen LogP contribution is 2.48. The molecule has 1 aliphatic carbocycles. The molecule has 0 bridgehead atoms. The van der Waals surface area contributed by atoms with Gasteiger partial charge in [-0.15, -0.1) is 0 Å². The van der Waals surface area contributed by atoms with Crippen molar-refractivity contribution < 1.29 is 0 Å². The minimum atomic E-state index is -0.514. The van der Waals surface area contributed by atoms with E-state index in [1.807, 2.05) is 0 Å². The molecule has 0 spiro atoms. The van der Waals surface area contributed by atoms with Crippen LogP contribution in [0.1, 0.15) is 69.9 Å². The Morgan fingerprint density at radius 1 is 0.600 bits per heavy atom. The molecular formula is C37H45NP2. The molecule has 4 aromatic rings. The lowest BCUT2D eigenvalue weighted by atomic mass is 9.84. The summed E-state index contributed by atoms with van der Waals surface area (Å²) in [6.45, 7) is 8.19. The fourth-order valence-corrected chi connectivity index (χ4v) is 11.8. The Bertz CT molecular complexity index is 1240. The van der Waals surface area contributed by atoms with Crippen LogP contribution in [0.5, 0.6) is 0 Å². The van der Waals surface area contributed by atoms with Gasteiger partial charge < -0.3 is 0 Å². The van der Waals surface area contributed by atoms with Gasteiger partial charge in [0.25, 0.3) is 0 Å². The van der Waals surface area contributed by atoms with Crippen LogP contribution in [0.25, 0.3) is 0 Å². The molecule has 0 amide bonds. The lowest BCUT2D eigenvalue weighted by Gasteiger charge is -2.42. The third-order valence-electron chi connectivity index (χ3n) is 8.18. The minimum Gasteiger partial charge on any atom is -0.269 e. The first-order valence-corrected chi connectivity index (χ1v) is 18.1. The van der Waals surface area contributed by atoms with Gasteiger partial charge in [0.05, 0.1) is 0 Å². The largest absolute Gasteiger partial charge is 0.269 e. The van der Waals surface area contributed by atoms with Gasteiger partial charge in [-0.1, -0.05) is 135 Å². The summed E-state index contributed by atoms with van der Waals surface area (Å²) >= 11 is 0. The van der Waals surface area contributed by atoms with Crippen molar-refractivity contribution in [2.45, 2.75) is 70.9 Å². The van der Waals surface area contributed by atoms with Gasteiger partial charge in [-0.3, -0.25) is 4.67 Å². The molecule has 1 atom stereocenters. The predicted molar refractivity (Wildman–Crippen MR) is 179 cm³/mol. The smallest absolute Gasteiger partial charge is 0.0281 e. The summed E-state index contributed by atoms with van der Waals surface area (Å²) < 4.78 is 2.82. The Morgan fingerprint density at radius 3 is 1.60 bits per heavy atom. The SMILES string of the molecule is CC(C)(C)N(Cc1ccc(C2CCCCC2)cc1)P(CCP(c1ccccc1)c1ccccc1)c1ccccc1. The summed E-state index contributed by atoms with van der Waals surface area (Å²) in [6, 6.07) is 43.4. The molecule has 0 saturated heterocycles. The molecule has 4 aromatic carbocycles. The quantitative estimate of drug-likeness (QED) is 0.173. The standard InChI is InChI=1S/C37H45NP2/c1-37(2,3)38(30-31-24-26-33(27-25-31)32-16-8-4-9-17-32)40(36-22-14-7-15-23-36)29-28-39(34-18-10-5-11-19-34)35-20-12-6-13-21-35/h5-7,10-15,18-27,32H,4,8-9,16-17,28-30H2,1-3H3. The number of hydrogen-bond donors (Lipinski definition) is 0. The van der Waals surface area contributed by atoms with Crippen molar-refractivity contribution in [3.05, 3.63) is 126 Å². The zero-order valence-electron chi connectivity index (χ0n) is 24.5. The first-order valence-electron chi connectivity index (χ1n) is 15.1. The lowest BCUT2D eigenvalue weighted by Crippen LogP contribution is -2.40. The molecule has 5 rings (SSSR count). The van der Waals surface area contributed by atoms with Gasteiger partial charge in [0.15, 0.2) is 0 Å². The van der Waals surface area contributed by atoms with Crippen LogP contribution in [0.15, 0.2) is 115 Å². The third-order valence-corrected chi connectivity index (χ3v) is 13.9. The summed E-state index contributed by atoms with van der Waals surface area (Å²) in [5.74, 6) is 0.762. The molecule has 0 radical (unpaired) electrons. The topological polar surface area (TPSA) is 3.24 Å². The monoisotopic (exact) mass is 565 g/mol. The van der Waals surface area contributed by atoms with Crippen molar-refractivity contribution in [1.82, 2.24) is 4.67 Å². The average Bonchev–Trinajstić information content (AvgIpc) is 3.00. The zero-order chi connectivity index (χ0) is 27.8. The van der Waals surface area contributed by atoms with Gasteiger partial charge >= 0.3 is 0 Å². The van der Waals surface area contributed by atoms with Crippen molar-refractivity contribution in [2.75, 3.05) is 12.3 Å². The molecule has 1 nitrogen and oxygen atoms in total. The third kappa shape index (κ3) is 7.70. The van der Waals surface area contributed by atoms with E-state index < -0.39 is 16.0 Å². The van der Waals surface area contributed by atoms with E-state index in [9.17, 15) is 0 Å². The highest BCUT2D eigenvalue weighted by Gasteiger charge is 2.31. The Balaban J connectivity index is 1.42. The highest BCUT2D eigenvalue weighted by molar-refractivity contribution is 7.74. The average molecular weight is 566 g/mol. The summed E-state index contributed by atoms with van der Waals surface area (Å²) in [5.41, 5.74) is 3.05. The first kappa shape index (κ1) is 29.2. The molecule has 3 heteroatoms. The van der Waals surface area contributed by atoms with Gasteiger partial charge in [0.2, 0.25) is 0 Å². The number of hydrogen-bond acceptors (Lipinski definition) is 1. The van der Waals surface area contributed by atoms with E-state index in [0.29, 0.717) is 0 Å². The van der Waals surface area contributed by atoms with Crippen LogP contribution in [0.3, 0.4) is 0 Å². The molecule has 0 N–H and O–H groups in total. The van der Waals surface area contributed by atoms with E-state index in [0.717, 1.165) is 12.5 Å². The fourth-order valence-electron chi connectivity index (χ4n) is 6.00. The van der Waals surface area contributed by atoms with Crippen LogP contribution < -0.4 is 15.9 Å². The second-order valence-corrected chi connectivity index (χ2v) is 16.7. The Labute approximate surface area is 245 Å². The number of nitrogens with zero attached hydrogens (tertiary/aromatic N) is 1. The maximum Gasteiger partial charge on any atom is 0.0281 e. The summed E-state index contributed by atoms with van der Waals surface area (Å²) in [6.07, 6.45) is 9.29. The summed E-state index contributed by atoms with van der Waals surface area (Å²) in [5, 5.41) is 4.45. The maximum absolute atomic E-state index is 2.82. The molecule has 40 heavy (non-hydrogen) atoms. The van der Waals surface area contributed by atoms with Crippen LogP contribution in [0, 0.1) is 0 Å². The van der Waals surface area contributed by atoms with E-state index in [1.54, 1.807) is 5.56 Å². The molecule has 1 unspecified atom stereocenters. The maximum atomic E-state index is 2.82. The molecule has 1 fully saturated rings. The molecule has 1 saturated carbocycles.